The predicted octanol–water partition coefficient (Wildman–Crippen LogP) is 1.79. The van der Waals surface area contributed by atoms with Crippen LogP contribution in [-0.4, -0.2) is 65.9 Å². The van der Waals surface area contributed by atoms with Crippen LogP contribution >= 0.6 is 11.8 Å². The van der Waals surface area contributed by atoms with Crippen molar-refractivity contribution in [2.24, 2.45) is 0 Å². The summed E-state index contributed by atoms with van der Waals surface area (Å²) in [7, 11) is 0. The normalized spacial score (nSPS) is 20.1. The Morgan fingerprint density at radius 3 is 2.90 bits per heavy atom. The molecule has 0 spiro atoms. The minimum absolute atomic E-state index is 0.0684. The quantitative estimate of drug-likeness (QED) is 0.713. The van der Waals surface area contributed by atoms with E-state index < -0.39 is 12.0 Å². The van der Waals surface area contributed by atoms with Gasteiger partial charge in [-0.15, -0.1) is 0 Å². The Bertz CT molecular complexity index is 341. The van der Waals surface area contributed by atoms with Gasteiger partial charge < -0.3 is 20.1 Å². The van der Waals surface area contributed by atoms with Gasteiger partial charge in [-0.2, -0.15) is 11.8 Å². The molecule has 122 valence electrons. The van der Waals surface area contributed by atoms with Gasteiger partial charge in [0.25, 0.3) is 0 Å². The lowest BCUT2D eigenvalue weighted by atomic mass is 10.1. The van der Waals surface area contributed by atoms with Crippen molar-refractivity contribution in [3.8, 4) is 0 Å². The summed E-state index contributed by atoms with van der Waals surface area (Å²) in [5.41, 5.74) is 0. The molecule has 6 nitrogen and oxygen atoms in total. The Hall–Kier alpha value is -0.950. The van der Waals surface area contributed by atoms with Crippen molar-refractivity contribution in [1.29, 1.82) is 0 Å². The number of likely N-dealkylation sites (tertiary alicyclic amines) is 1. The molecule has 0 bridgehead atoms. The molecule has 1 saturated heterocycles. The first kappa shape index (κ1) is 18.1. The number of rotatable bonds is 8. The molecular formula is C14H26N2O4S. The van der Waals surface area contributed by atoms with E-state index in [1.165, 1.54) is 0 Å². The van der Waals surface area contributed by atoms with Crippen LogP contribution in [-0.2, 0) is 9.53 Å². The van der Waals surface area contributed by atoms with Crippen LogP contribution in [0.4, 0.5) is 4.79 Å². The summed E-state index contributed by atoms with van der Waals surface area (Å²) in [4.78, 5) is 25.0. The summed E-state index contributed by atoms with van der Waals surface area (Å²) < 4.78 is 5.69. The third-order valence-corrected chi connectivity index (χ3v) is 4.07. The predicted molar refractivity (Wildman–Crippen MR) is 83.8 cm³/mol. The van der Waals surface area contributed by atoms with Gasteiger partial charge in [0, 0.05) is 19.7 Å². The van der Waals surface area contributed by atoms with Crippen LogP contribution in [0.1, 0.15) is 32.6 Å². The number of carboxylic acid groups (broad SMARTS) is 1. The maximum absolute atomic E-state index is 12.2. The Morgan fingerprint density at radius 1 is 1.52 bits per heavy atom. The Labute approximate surface area is 130 Å². The molecule has 1 aliphatic rings. The lowest BCUT2D eigenvalue weighted by Crippen LogP contribution is -2.52. The Balaban J connectivity index is 2.46. The summed E-state index contributed by atoms with van der Waals surface area (Å²) in [5.74, 6) is -0.271. The lowest BCUT2D eigenvalue weighted by molar-refractivity contribution is -0.139. The fourth-order valence-corrected chi connectivity index (χ4v) is 2.75. The molecule has 21 heavy (non-hydrogen) atoms. The van der Waals surface area contributed by atoms with E-state index in [2.05, 4.69) is 12.2 Å². The molecule has 1 aliphatic heterocycles. The zero-order valence-corrected chi connectivity index (χ0v) is 13.7. The second-order valence-electron chi connectivity index (χ2n) is 5.20. The monoisotopic (exact) mass is 318 g/mol. The van der Waals surface area contributed by atoms with Gasteiger partial charge in [-0.3, -0.25) is 0 Å². The van der Waals surface area contributed by atoms with Crippen molar-refractivity contribution < 1.29 is 19.4 Å². The summed E-state index contributed by atoms with van der Waals surface area (Å²) >= 11 is 1.57. The standard InChI is InChI=1S/C14H26N2O4S/c1-3-8-20-11-5-4-7-16(10-11)14(19)15-12(13(17)18)6-9-21-2/h11-12H,3-10H2,1-2H3,(H,15,19)(H,17,18)/t11?,12-/m1/s1. The van der Waals surface area contributed by atoms with E-state index >= 15 is 0 Å². The second kappa shape index (κ2) is 9.89. The van der Waals surface area contributed by atoms with Crippen molar-refractivity contribution in [1.82, 2.24) is 10.2 Å². The van der Waals surface area contributed by atoms with Gasteiger partial charge in [0.1, 0.15) is 6.04 Å². The van der Waals surface area contributed by atoms with E-state index in [0.29, 0.717) is 31.9 Å². The maximum atomic E-state index is 12.2. The van der Waals surface area contributed by atoms with Gasteiger partial charge in [0.15, 0.2) is 0 Å². The zero-order chi connectivity index (χ0) is 15.7. The fraction of sp³-hybridized carbons (Fsp3) is 0.857. The molecular weight excluding hydrogens is 292 g/mol. The van der Waals surface area contributed by atoms with Crippen molar-refractivity contribution in [2.75, 3.05) is 31.7 Å². The number of aliphatic carboxylic acids is 1. The number of nitrogens with zero attached hydrogens (tertiary/aromatic N) is 1. The highest BCUT2D eigenvalue weighted by Gasteiger charge is 2.27. The fourth-order valence-electron chi connectivity index (χ4n) is 2.28. The number of carboxylic acids is 1. The Kier molecular flexibility index (Phi) is 8.52. The lowest BCUT2D eigenvalue weighted by Gasteiger charge is -2.33. The maximum Gasteiger partial charge on any atom is 0.326 e. The van der Waals surface area contributed by atoms with Crippen LogP contribution in [0.2, 0.25) is 0 Å². The topological polar surface area (TPSA) is 78.9 Å². The average molecular weight is 318 g/mol. The number of carbonyl (C=O) groups excluding carboxylic acids is 1. The van der Waals surface area contributed by atoms with Gasteiger partial charge >= 0.3 is 12.0 Å². The average Bonchev–Trinajstić information content (AvgIpc) is 2.49. The first-order valence-corrected chi connectivity index (χ1v) is 8.86. The molecule has 2 N–H and O–H groups in total. The Morgan fingerprint density at radius 2 is 2.29 bits per heavy atom. The number of nitrogens with one attached hydrogen (secondary N) is 1. The number of piperidine rings is 1. The van der Waals surface area contributed by atoms with Crippen LogP contribution < -0.4 is 5.32 Å². The summed E-state index contributed by atoms with van der Waals surface area (Å²) in [6.07, 6.45) is 5.23. The van der Waals surface area contributed by atoms with E-state index in [1.54, 1.807) is 16.7 Å². The van der Waals surface area contributed by atoms with Crippen molar-refractivity contribution in [3.05, 3.63) is 0 Å². The first-order chi connectivity index (χ1) is 10.1. The highest BCUT2D eigenvalue weighted by molar-refractivity contribution is 7.98. The van der Waals surface area contributed by atoms with Gasteiger partial charge in [0.2, 0.25) is 0 Å². The number of thioether (sulfide) groups is 1. The first-order valence-electron chi connectivity index (χ1n) is 7.47. The van der Waals surface area contributed by atoms with Crippen LogP contribution in [0.25, 0.3) is 0 Å². The minimum Gasteiger partial charge on any atom is -0.480 e. The van der Waals surface area contributed by atoms with Crippen molar-refractivity contribution in [3.63, 3.8) is 0 Å². The van der Waals surface area contributed by atoms with Gasteiger partial charge in [0.05, 0.1) is 6.10 Å². The SMILES string of the molecule is CCCOC1CCCN(C(=O)N[C@H](CCSC)C(=O)O)C1. The highest BCUT2D eigenvalue weighted by atomic mass is 32.2. The van der Waals surface area contributed by atoms with Crippen LogP contribution in [0.15, 0.2) is 0 Å². The molecule has 1 unspecified atom stereocenters. The number of ether oxygens (including phenoxy) is 1. The molecule has 0 aromatic carbocycles. The second-order valence-corrected chi connectivity index (χ2v) is 6.19. The molecule has 0 saturated carbocycles. The molecule has 2 atom stereocenters. The van der Waals surface area contributed by atoms with Crippen LogP contribution in [0, 0.1) is 0 Å². The molecule has 0 aliphatic carbocycles. The van der Waals surface area contributed by atoms with Crippen molar-refractivity contribution in [2.45, 2.75) is 44.8 Å². The smallest absolute Gasteiger partial charge is 0.326 e. The van der Waals surface area contributed by atoms with E-state index in [4.69, 9.17) is 9.84 Å². The molecule has 0 aromatic rings. The van der Waals surface area contributed by atoms with E-state index in [-0.39, 0.29) is 12.1 Å². The van der Waals surface area contributed by atoms with Crippen LogP contribution in [0.5, 0.6) is 0 Å². The third kappa shape index (κ3) is 6.56. The summed E-state index contributed by atoms with van der Waals surface area (Å²) in [6.45, 7) is 3.95. The molecule has 1 heterocycles. The zero-order valence-electron chi connectivity index (χ0n) is 12.8. The molecule has 7 heteroatoms. The number of amides is 2. The minimum atomic E-state index is -0.979. The van der Waals surface area contributed by atoms with Crippen molar-refractivity contribution >= 4 is 23.8 Å². The number of hydrogen-bond donors (Lipinski definition) is 2. The molecule has 2 amide bonds. The van der Waals surface area contributed by atoms with Crippen LogP contribution in [0.3, 0.4) is 0 Å². The largest absolute Gasteiger partial charge is 0.480 e. The number of hydrogen-bond acceptors (Lipinski definition) is 4. The van der Waals surface area contributed by atoms with E-state index in [1.807, 2.05) is 6.26 Å². The van der Waals surface area contributed by atoms with Gasteiger partial charge in [-0.05, 0) is 37.7 Å². The van der Waals surface area contributed by atoms with Gasteiger partial charge in [-0.1, -0.05) is 6.92 Å². The molecule has 1 fully saturated rings. The number of carbonyl (C=O) groups is 2. The molecule has 0 aromatic heterocycles. The number of urea groups is 1. The summed E-state index contributed by atoms with van der Waals surface area (Å²) in [5, 5.41) is 11.8. The molecule has 1 rings (SSSR count). The van der Waals surface area contributed by atoms with E-state index in [9.17, 15) is 9.59 Å². The molecule has 0 radical (unpaired) electrons. The third-order valence-electron chi connectivity index (χ3n) is 3.43. The highest BCUT2D eigenvalue weighted by Crippen LogP contribution is 2.14. The summed E-state index contributed by atoms with van der Waals surface area (Å²) in [6, 6.07) is -1.12. The van der Waals surface area contributed by atoms with Gasteiger partial charge in [-0.25, -0.2) is 9.59 Å². The van der Waals surface area contributed by atoms with E-state index in [0.717, 1.165) is 19.3 Å².